The third-order valence-electron chi connectivity index (χ3n) is 2.49. The molecule has 2 amide bonds. The number of urea groups is 1. The van der Waals surface area contributed by atoms with Crippen molar-refractivity contribution in [3.05, 3.63) is 59.1 Å². The molecule has 2 aromatic carbocycles. The van der Waals surface area contributed by atoms with E-state index in [1.54, 1.807) is 12.1 Å². The monoisotopic (exact) mass is 292 g/mol. The number of anilines is 1. The van der Waals surface area contributed by atoms with E-state index in [-0.39, 0.29) is 6.03 Å². The quantitative estimate of drug-likeness (QED) is 0.737. The van der Waals surface area contributed by atoms with Crippen molar-refractivity contribution in [2.45, 2.75) is 11.4 Å². The molecule has 0 aliphatic heterocycles. The molecule has 19 heavy (non-hydrogen) atoms. The number of para-hydroxylation sites is 1. The van der Waals surface area contributed by atoms with Crippen molar-refractivity contribution in [2.75, 3.05) is 5.32 Å². The normalized spacial score (nSPS) is 10.0. The first kappa shape index (κ1) is 13.8. The summed E-state index contributed by atoms with van der Waals surface area (Å²) in [5.41, 5.74) is 1.62. The van der Waals surface area contributed by atoms with Gasteiger partial charge in [-0.2, -0.15) is 0 Å². The Morgan fingerprint density at radius 2 is 1.95 bits per heavy atom. The van der Waals surface area contributed by atoms with Crippen LogP contribution in [0.2, 0.25) is 5.02 Å². The van der Waals surface area contributed by atoms with Gasteiger partial charge in [-0.25, -0.2) is 4.79 Å². The number of halogens is 1. The minimum atomic E-state index is -0.276. The highest BCUT2D eigenvalue weighted by molar-refractivity contribution is 7.80. The lowest BCUT2D eigenvalue weighted by Crippen LogP contribution is -2.28. The van der Waals surface area contributed by atoms with E-state index in [0.29, 0.717) is 17.3 Å². The summed E-state index contributed by atoms with van der Waals surface area (Å²) in [5, 5.41) is 6.15. The lowest BCUT2D eigenvalue weighted by molar-refractivity contribution is 0.251. The molecule has 3 nitrogen and oxygen atoms in total. The van der Waals surface area contributed by atoms with Crippen LogP contribution in [0.15, 0.2) is 53.4 Å². The van der Waals surface area contributed by atoms with Crippen LogP contribution in [-0.2, 0) is 6.54 Å². The summed E-state index contributed by atoms with van der Waals surface area (Å²) in [5.74, 6) is 0. The molecular weight excluding hydrogens is 280 g/mol. The number of nitrogens with one attached hydrogen (secondary N) is 2. The molecule has 0 aromatic heterocycles. The molecule has 2 rings (SSSR count). The molecule has 0 bridgehead atoms. The molecule has 2 N–H and O–H groups in total. The Hall–Kier alpha value is -1.65. The zero-order chi connectivity index (χ0) is 13.7. The lowest BCUT2D eigenvalue weighted by atomic mass is 10.2. The van der Waals surface area contributed by atoms with E-state index in [2.05, 4.69) is 23.3 Å². The van der Waals surface area contributed by atoms with Gasteiger partial charge in [0.2, 0.25) is 0 Å². The molecule has 0 aliphatic rings. The summed E-state index contributed by atoms with van der Waals surface area (Å²) in [7, 11) is 0. The van der Waals surface area contributed by atoms with Gasteiger partial charge in [0.05, 0.1) is 5.69 Å². The van der Waals surface area contributed by atoms with Crippen LogP contribution in [0.4, 0.5) is 10.5 Å². The number of hydrogen-bond acceptors (Lipinski definition) is 2. The zero-order valence-electron chi connectivity index (χ0n) is 10.1. The first-order valence-corrected chi connectivity index (χ1v) is 6.55. The Labute approximate surface area is 122 Å². The minimum absolute atomic E-state index is 0.276. The maximum absolute atomic E-state index is 11.7. The average molecular weight is 293 g/mol. The molecule has 0 unspecified atom stereocenters. The van der Waals surface area contributed by atoms with Gasteiger partial charge in [-0.3, -0.25) is 0 Å². The Kier molecular flexibility index (Phi) is 4.71. The van der Waals surface area contributed by atoms with Crippen molar-refractivity contribution in [1.29, 1.82) is 0 Å². The van der Waals surface area contributed by atoms with Gasteiger partial charge in [0.25, 0.3) is 0 Å². The first-order chi connectivity index (χ1) is 9.15. The lowest BCUT2D eigenvalue weighted by Gasteiger charge is -2.09. The Morgan fingerprint density at radius 1 is 1.16 bits per heavy atom. The first-order valence-electron chi connectivity index (χ1n) is 5.72. The maximum atomic E-state index is 11.7. The second kappa shape index (κ2) is 6.50. The molecule has 5 heteroatoms. The number of benzene rings is 2. The van der Waals surface area contributed by atoms with Crippen LogP contribution >= 0.6 is 24.2 Å². The molecule has 2 aromatic rings. The molecule has 0 saturated heterocycles. The third kappa shape index (κ3) is 4.19. The van der Waals surface area contributed by atoms with Gasteiger partial charge in [-0.05, 0) is 29.8 Å². The predicted molar refractivity (Wildman–Crippen MR) is 81.0 cm³/mol. The molecule has 0 atom stereocenters. The fraction of sp³-hybridized carbons (Fsp3) is 0.0714. The molecule has 0 fully saturated rings. The number of hydrogen-bond donors (Lipinski definition) is 3. The Balaban J connectivity index is 1.90. The van der Waals surface area contributed by atoms with Crippen molar-refractivity contribution >= 4 is 35.9 Å². The van der Waals surface area contributed by atoms with E-state index in [0.717, 1.165) is 10.5 Å². The summed E-state index contributed by atoms with van der Waals surface area (Å²) in [6.45, 7) is 0.418. The highest BCUT2D eigenvalue weighted by Gasteiger charge is 2.04. The fourth-order valence-electron chi connectivity index (χ4n) is 1.58. The summed E-state index contributed by atoms with van der Waals surface area (Å²) in [6.07, 6.45) is 0. The highest BCUT2D eigenvalue weighted by atomic mass is 35.5. The summed E-state index contributed by atoms with van der Waals surface area (Å²) in [6, 6.07) is 14.4. The third-order valence-corrected chi connectivity index (χ3v) is 3.12. The van der Waals surface area contributed by atoms with Gasteiger partial charge in [0.1, 0.15) is 0 Å². The van der Waals surface area contributed by atoms with Crippen LogP contribution < -0.4 is 10.6 Å². The standard InChI is InChI=1S/C14H13ClN2OS/c15-11-5-3-4-10(8-11)9-16-14(18)17-12-6-1-2-7-13(12)19/h1-8,19H,9H2,(H2,16,17,18). The number of thiol groups is 1. The molecule has 0 radical (unpaired) electrons. The van der Waals surface area contributed by atoms with Crippen LogP contribution in [0.25, 0.3) is 0 Å². The molecule has 0 heterocycles. The van der Waals surface area contributed by atoms with Crippen molar-refractivity contribution in [3.63, 3.8) is 0 Å². The van der Waals surface area contributed by atoms with Crippen LogP contribution in [0, 0.1) is 0 Å². The summed E-state index contributed by atoms with van der Waals surface area (Å²) >= 11 is 10.1. The van der Waals surface area contributed by atoms with Crippen LogP contribution in [0.5, 0.6) is 0 Å². The molecular formula is C14H13ClN2OS. The van der Waals surface area contributed by atoms with Crippen molar-refractivity contribution in [3.8, 4) is 0 Å². The Morgan fingerprint density at radius 3 is 2.68 bits per heavy atom. The van der Waals surface area contributed by atoms with Crippen LogP contribution in [0.1, 0.15) is 5.56 Å². The van der Waals surface area contributed by atoms with E-state index in [4.69, 9.17) is 11.6 Å². The maximum Gasteiger partial charge on any atom is 0.319 e. The number of carbonyl (C=O) groups is 1. The minimum Gasteiger partial charge on any atom is -0.334 e. The van der Waals surface area contributed by atoms with Crippen LogP contribution in [-0.4, -0.2) is 6.03 Å². The molecule has 0 saturated carbocycles. The Bertz CT molecular complexity index is 589. The van der Waals surface area contributed by atoms with Gasteiger partial charge in [-0.1, -0.05) is 35.9 Å². The van der Waals surface area contributed by atoms with Gasteiger partial charge in [0.15, 0.2) is 0 Å². The van der Waals surface area contributed by atoms with Gasteiger partial charge in [-0.15, -0.1) is 12.6 Å². The van der Waals surface area contributed by atoms with E-state index in [1.807, 2.05) is 36.4 Å². The molecule has 0 spiro atoms. The predicted octanol–water partition coefficient (Wildman–Crippen LogP) is 3.95. The van der Waals surface area contributed by atoms with Gasteiger partial charge >= 0.3 is 6.03 Å². The topological polar surface area (TPSA) is 41.1 Å². The molecule has 0 aliphatic carbocycles. The highest BCUT2D eigenvalue weighted by Crippen LogP contribution is 2.18. The number of carbonyl (C=O) groups excluding carboxylic acids is 1. The molecule has 98 valence electrons. The van der Waals surface area contributed by atoms with Crippen molar-refractivity contribution in [1.82, 2.24) is 5.32 Å². The van der Waals surface area contributed by atoms with Gasteiger partial charge in [0, 0.05) is 16.5 Å². The fourth-order valence-corrected chi connectivity index (χ4v) is 2.00. The van der Waals surface area contributed by atoms with E-state index in [1.165, 1.54) is 0 Å². The average Bonchev–Trinajstić information content (AvgIpc) is 2.39. The second-order valence-electron chi connectivity index (χ2n) is 3.95. The second-order valence-corrected chi connectivity index (χ2v) is 4.87. The summed E-state index contributed by atoms with van der Waals surface area (Å²) in [4.78, 5) is 12.5. The number of amides is 2. The van der Waals surface area contributed by atoms with Gasteiger partial charge < -0.3 is 10.6 Å². The zero-order valence-corrected chi connectivity index (χ0v) is 11.7. The van der Waals surface area contributed by atoms with E-state index in [9.17, 15) is 4.79 Å². The van der Waals surface area contributed by atoms with E-state index < -0.39 is 0 Å². The summed E-state index contributed by atoms with van der Waals surface area (Å²) < 4.78 is 0. The van der Waals surface area contributed by atoms with Crippen molar-refractivity contribution in [2.24, 2.45) is 0 Å². The number of rotatable bonds is 3. The van der Waals surface area contributed by atoms with Crippen LogP contribution in [0.3, 0.4) is 0 Å². The smallest absolute Gasteiger partial charge is 0.319 e. The SMILES string of the molecule is O=C(NCc1cccc(Cl)c1)Nc1ccccc1S. The van der Waals surface area contributed by atoms with Crippen molar-refractivity contribution < 1.29 is 4.79 Å². The largest absolute Gasteiger partial charge is 0.334 e. The van der Waals surface area contributed by atoms with E-state index >= 15 is 0 Å².